The van der Waals surface area contributed by atoms with E-state index in [4.69, 9.17) is 10.5 Å². The van der Waals surface area contributed by atoms with Crippen molar-refractivity contribution in [3.63, 3.8) is 0 Å². The van der Waals surface area contributed by atoms with Crippen molar-refractivity contribution in [3.05, 3.63) is 29.3 Å². The predicted molar refractivity (Wildman–Crippen MR) is 73.8 cm³/mol. The van der Waals surface area contributed by atoms with Crippen LogP contribution in [0, 0.1) is 0 Å². The minimum atomic E-state index is -0.336. The average Bonchev–Trinajstić information content (AvgIpc) is 3.05. The van der Waals surface area contributed by atoms with Crippen molar-refractivity contribution in [1.29, 1.82) is 0 Å². The molecule has 2 aliphatic heterocycles. The number of benzene rings is 1. The number of amides is 1. The molecule has 2 N–H and O–H groups in total. The number of carbonyl (C=O) groups excluding carboxylic acids is 2. The number of likely N-dealkylation sites (tertiary alicyclic amines) is 1. The molecule has 0 saturated carbocycles. The van der Waals surface area contributed by atoms with Gasteiger partial charge in [0.25, 0.3) is 0 Å². The van der Waals surface area contributed by atoms with Gasteiger partial charge in [-0.1, -0.05) is 0 Å². The second kappa shape index (κ2) is 5.25. The Balaban J connectivity index is 1.71. The fraction of sp³-hybridized carbons (Fsp3) is 0.467. The summed E-state index contributed by atoms with van der Waals surface area (Å²) in [5, 5.41) is 0. The number of ketones is 1. The minimum absolute atomic E-state index is 0.0350. The molecule has 5 nitrogen and oxygen atoms in total. The first-order valence-corrected chi connectivity index (χ1v) is 6.97. The molecule has 1 saturated heterocycles. The van der Waals surface area contributed by atoms with Crippen LogP contribution in [0.15, 0.2) is 18.2 Å². The molecule has 1 atom stereocenters. The lowest BCUT2D eigenvalue weighted by molar-refractivity contribution is -0.122. The van der Waals surface area contributed by atoms with Crippen LogP contribution >= 0.6 is 0 Å². The third-order valence-corrected chi connectivity index (χ3v) is 4.05. The highest BCUT2D eigenvalue weighted by Crippen LogP contribution is 2.26. The normalized spacial score (nSPS) is 21.5. The van der Waals surface area contributed by atoms with Gasteiger partial charge >= 0.3 is 0 Å². The summed E-state index contributed by atoms with van der Waals surface area (Å²) in [5.74, 6) is 0.572. The molecule has 1 fully saturated rings. The summed E-state index contributed by atoms with van der Waals surface area (Å²) in [6.45, 7) is 1.70. The van der Waals surface area contributed by atoms with Crippen LogP contribution in [0.3, 0.4) is 0 Å². The number of fused-ring (bicyclic) bond motifs is 1. The Morgan fingerprint density at radius 1 is 1.40 bits per heavy atom. The highest BCUT2D eigenvalue weighted by Gasteiger charge is 2.30. The van der Waals surface area contributed by atoms with Gasteiger partial charge in [0.1, 0.15) is 5.75 Å². The first-order valence-electron chi connectivity index (χ1n) is 6.97. The molecule has 5 heteroatoms. The number of carbonyl (C=O) groups is 2. The molecule has 0 aliphatic carbocycles. The molecule has 2 aliphatic rings. The summed E-state index contributed by atoms with van der Waals surface area (Å²) in [5.41, 5.74) is 7.14. The van der Waals surface area contributed by atoms with Gasteiger partial charge < -0.3 is 10.5 Å². The Bertz CT molecular complexity index is 556. The number of hydrogen-bond acceptors (Lipinski definition) is 4. The van der Waals surface area contributed by atoms with E-state index >= 15 is 0 Å². The van der Waals surface area contributed by atoms with Crippen molar-refractivity contribution in [1.82, 2.24) is 4.90 Å². The van der Waals surface area contributed by atoms with Crippen LogP contribution in [0.25, 0.3) is 0 Å². The standard InChI is InChI=1S/C15H18N2O3/c16-15(19)12-2-1-6-17(12)9-13(18)10-3-4-14-11(8-10)5-7-20-14/h3-4,8,12H,1-2,5-7,9H2,(H2,16,19). The summed E-state index contributed by atoms with van der Waals surface area (Å²) < 4.78 is 5.43. The number of hydrogen-bond donors (Lipinski definition) is 1. The number of nitrogens with two attached hydrogens (primary N) is 1. The van der Waals surface area contributed by atoms with Crippen molar-refractivity contribution >= 4 is 11.7 Å². The lowest BCUT2D eigenvalue weighted by Gasteiger charge is -2.20. The number of Topliss-reactive ketones (excluding diaryl/α,β-unsaturated/α-hetero) is 1. The fourth-order valence-electron chi connectivity index (χ4n) is 2.97. The number of primary amides is 1. The zero-order valence-electron chi connectivity index (χ0n) is 11.3. The van der Waals surface area contributed by atoms with Crippen LogP contribution in [0.1, 0.15) is 28.8 Å². The smallest absolute Gasteiger partial charge is 0.234 e. The molecular weight excluding hydrogens is 256 g/mol. The molecular formula is C15H18N2O3. The Labute approximate surface area is 117 Å². The van der Waals surface area contributed by atoms with E-state index in [1.165, 1.54) is 0 Å². The third-order valence-electron chi connectivity index (χ3n) is 4.05. The van der Waals surface area contributed by atoms with Crippen molar-refractivity contribution < 1.29 is 14.3 Å². The Kier molecular flexibility index (Phi) is 3.44. The summed E-state index contributed by atoms with van der Waals surface area (Å²) in [6, 6.07) is 5.25. The summed E-state index contributed by atoms with van der Waals surface area (Å²) in [6.07, 6.45) is 2.52. The van der Waals surface area contributed by atoms with E-state index in [1.807, 2.05) is 17.0 Å². The molecule has 1 aromatic rings. The molecule has 0 radical (unpaired) electrons. The van der Waals surface area contributed by atoms with Gasteiger partial charge in [-0.25, -0.2) is 0 Å². The molecule has 0 spiro atoms. The number of rotatable bonds is 4. The second-order valence-electron chi connectivity index (χ2n) is 5.38. The zero-order valence-corrected chi connectivity index (χ0v) is 11.3. The quantitative estimate of drug-likeness (QED) is 0.822. The van der Waals surface area contributed by atoms with Gasteiger partial charge in [-0.05, 0) is 43.1 Å². The second-order valence-corrected chi connectivity index (χ2v) is 5.38. The third kappa shape index (κ3) is 2.41. The van der Waals surface area contributed by atoms with Gasteiger partial charge in [-0.2, -0.15) is 0 Å². The van der Waals surface area contributed by atoms with Crippen LogP contribution < -0.4 is 10.5 Å². The van der Waals surface area contributed by atoms with Gasteiger partial charge in [-0.3, -0.25) is 14.5 Å². The van der Waals surface area contributed by atoms with Crippen molar-refractivity contribution in [2.75, 3.05) is 19.7 Å². The molecule has 1 amide bonds. The van der Waals surface area contributed by atoms with E-state index < -0.39 is 0 Å². The Morgan fingerprint density at radius 3 is 3.05 bits per heavy atom. The SMILES string of the molecule is NC(=O)C1CCCN1CC(=O)c1ccc2c(c1)CCO2. The van der Waals surface area contributed by atoms with E-state index in [-0.39, 0.29) is 24.3 Å². The summed E-state index contributed by atoms with van der Waals surface area (Å²) in [4.78, 5) is 25.6. The Morgan fingerprint density at radius 2 is 2.25 bits per heavy atom. The van der Waals surface area contributed by atoms with Crippen LogP contribution in [0.5, 0.6) is 5.75 Å². The van der Waals surface area contributed by atoms with E-state index in [9.17, 15) is 9.59 Å². The molecule has 1 unspecified atom stereocenters. The first kappa shape index (κ1) is 13.1. The maximum atomic E-state index is 12.3. The molecule has 1 aromatic carbocycles. The zero-order chi connectivity index (χ0) is 14.1. The van der Waals surface area contributed by atoms with E-state index in [2.05, 4.69) is 0 Å². The maximum Gasteiger partial charge on any atom is 0.234 e. The fourth-order valence-corrected chi connectivity index (χ4v) is 2.97. The minimum Gasteiger partial charge on any atom is -0.493 e. The summed E-state index contributed by atoms with van der Waals surface area (Å²) in [7, 11) is 0. The molecule has 2 heterocycles. The number of ether oxygens (including phenoxy) is 1. The predicted octanol–water partition coefficient (Wildman–Crippen LogP) is 0.754. The lowest BCUT2D eigenvalue weighted by atomic mass is 10.0. The van der Waals surface area contributed by atoms with Gasteiger partial charge in [0.15, 0.2) is 5.78 Å². The van der Waals surface area contributed by atoms with Crippen LogP contribution in [-0.4, -0.2) is 42.3 Å². The Hall–Kier alpha value is -1.88. The monoisotopic (exact) mass is 274 g/mol. The van der Waals surface area contributed by atoms with E-state index in [0.717, 1.165) is 37.1 Å². The highest BCUT2D eigenvalue weighted by molar-refractivity contribution is 5.98. The molecule has 106 valence electrons. The van der Waals surface area contributed by atoms with Gasteiger partial charge in [0.05, 0.1) is 19.2 Å². The lowest BCUT2D eigenvalue weighted by Crippen LogP contribution is -2.42. The largest absolute Gasteiger partial charge is 0.493 e. The first-order chi connectivity index (χ1) is 9.65. The van der Waals surface area contributed by atoms with Crippen molar-refractivity contribution in [2.45, 2.75) is 25.3 Å². The van der Waals surface area contributed by atoms with E-state index in [1.54, 1.807) is 6.07 Å². The molecule has 20 heavy (non-hydrogen) atoms. The van der Waals surface area contributed by atoms with Gasteiger partial charge in [-0.15, -0.1) is 0 Å². The van der Waals surface area contributed by atoms with Gasteiger partial charge in [0.2, 0.25) is 5.91 Å². The van der Waals surface area contributed by atoms with Crippen molar-refractivity contribution in [2.24, 2.45) is 5.73 Å². The highest BCUT2D eigenvalue weighted by atomic mass is 16.5. The molecule has 0 bridgehead atoms. The number of nitrogens with zero attached hydrogens (tertiary/aromatic N) is 1. The van der Waals surface area contributed by atoms with Crippen LogP contribution in [-0.2, 0) is 11.2 Å². The average molecular weight is 274 g/mol. The van der Waals surface area contributed by atoms with E-state index in [0.29, 0.717) is 12.2 Å². The van der Waals surface area contributed by atoms with Crippen LogP contribution in [0.2, 0.25) is 0 Å². The van der Waals surface area contributed by atoms with Crippen molar-refractivity contribution in [3.8, 4) is 5.75 Å². The maximum absolute atomic E-state index is 12.3. The summed E-state index contributed by atoms with van der Waals surface area (Å²) >= 11 is 0. The van der Waals surface area contributed by atoms with Crippen LogP contribution in [0.4, 0.5) is 0 Å². The molecule has 3 rings (SSSR count). The topological polar surface area (TPSA) is 72.6 Å². The molecule has 0 aromatic heterocycles. The van der Waals surface area contributed by atoms with Gasteiger partial charge in [0, 0.05) is 12.0 Å².